The van der Waals surface area contributed by atoms with Crippen LogP contribution in [0.4, 0.5) is 0 Å². The average molecular weight is 227 g/mol. The van der Waals surface area contributed by atoms with Gasteiger partial charge in [-0.3, -0.25) is 4.79 Å². The van der Waals surface area contributed by atoms with E-state index in [9.17, 15) is 9.59 Å². The molecule has 0 aromatic carbocycles. The second kappa shape index (κ2) is 5.87. The molecule has 4 heteroatoms. The third kappa shape index (κ3) is 3.22. The third-order valence-corrected chi connectivity index (χ3v) is 3.50. The summed E-state index contributed by atoms with van der Waals surface area (Å²) in [6.45, 7) is 4.67. The van der Waals surface area contributed by atoms with E-state index >= 15 is 0 Å². The monoisotopic (exact) mass is 227 g/mol. The van der Waals surface area contributed by atoms with Crippen molar-refractivity contribution in [1.29, 1.82) is 0 Å². The molecule has 0 unspecified atom stereocenters. The fraction of sp³-hybridized carbons (Fsp3) is 0.833. The van der Waals surface area contributed by atoms with Crippen LogP contribution in [-0.4, -0.2) is 25.0 Å². The fourth-order valence-corrected chi connectivity index (χ4v) is 2.32. The molecule has 0 atom stereocenters. The molecule has 1 saturated carbocycles. The van der Waals surface area contributed by atoms with Crippen molar-refractivity contribution in [1.82, 2.24) is 5.32 Å². The van der Waals surface area contributed by atoms with Crippen LogP contribution in [-0.2, 0) is 14.3 Å². The van der Waals surface area contributed by atoms with Gasteiger partial charge in [0.2, 0.25) is 0 Å². The standard InChI is InChI=1S/C12H21NO3/c1-3-12(7-5-6-8-12)9-13-10(14)11(15)16-4-2/h3-9H2,1-2H3,(H,13,14). The van der Waals surface area contributed by atoms with Crippen molar-refractivity contribution < 1.29 is 14.3 Å². The van der Waals surface area contributed by atoms with Crippen LogP contribution in [0.15, 0.2) is 0 Å². The molecule has 0 bridgehead atoms. The van der Waals surface area contributed by atoms with Gasteiger partial charge in [0.25, 0.3) is 0 Å². The lowest BCUT2D eigenvalue weighted by molar-refractivity contribution is -0.154. The number of hydrogen-bond acceptors (Lipinski definition) is 3. The molecule has 0 heterocycles. The van der Waals surface area contributed by atoms with Gasteiger partial charge in [0.15, 0.2) is 0 Å². The second-order valence-electron chi connectivity index (χ2n) is 4.46. The van der Waals surface area contributed by atoms with Gasteiger partial charge in [0.05, 0.1) is 6.61 Å². The van der Waals surface area contributed by atoms with Crippen molar-refractivity contribution >= 4 is 11.9 Å². The molecule has 16 heavy (non-hydrogen) atoms. The van der Waals surface area contributed by atoms with E-state index in [4.69, 9.17) is 0 Å². The Morgan fingerprint density at radius 3 is 2.38 bits per heavy atom. The summed E-state index contributed by atoms with van der Waals surface area (Å²) in [7, 11) is 0. The minimum Gasteiger partial charge on any atom is -0.459 e. The number of hydrogen-bond donors (Lipinski definition) is 1. The molecule has 1 fully saturated rings. The summed E-state index contributed by atoms with van der Waals surface area (Å²) in [5.74, 6) is -1.38. The summed E-state index contributed by atoms with van der Waals surface area (Å²) in [5.41, 5.74) is 0.210. The van der Waals surface area contributed by atoms with Crippen molar-refractivity contribution in [2.24, 2.45) is 5.41 Å². The SMILES string of the molecule is CCOC(=O)C(=O)NCC1(CC)CCCC1. The van der Waals surface area contributed by atoms with Crippen molar-refractivity contribution in [3.8, 4) is 0 Å². The van der Waals surface area contributed by atoms with Crippen molar-refractivity contribution in [2.75, 3.05) is 13.2 Å². The van der Waals surface area contributed by atoms with Crippen LogP contribution in [0.3, 0.4) is 0 Å². The summed E-state index contributed by atoms with van der Waals surface area (Å²) in [6.07, 6.45) is 5.79. The molecule has 0 aromatic heterocycles. The van der Waals surface area contributed by atoms with Gasteiger partial charge in [-0.2, -0.15) is 0 Å². The number of amides is 1. The number of ether oxygens (including phenoxy) is 1. The zero-order chi connectivity index (χ0) is 12.0. The number of nitrogens with one attached hydrogen (secondary N) is 1. The number of rotatable bonds is 4. The number of esters is 1. The highest BCUT2D eigenvalue weighted by Gasteiger charge is 2.32. The third-order valence-electron chi connectivity index (χ3n) is 3.50. The number of carbonyl (C=O) groups is 2. The lowest BCUT2D eigenvalue weighted by Gasteiger charge is -2.27. The van der Waals surface area contributed by atoms with E-state index in [-0.39, 0.29) is 12.0 Å². The van der Waals surface area contributed by atoms with Crippen LogP contribution in [0.5, 0.6) is 0 Å². The molecule has 92 valence electrons. The topological polar surface area (TPSA) is 55.4 Å². The zero-order valence-corrected chi connectivity index (χ0v) is 10.2. The highest BCUT2D eigenvalue weighted by Crippen LogP contribution is 2.40. The number of carbonyl (C=O) groups excluding carboxylic acids is 2. The highest BCUT2D eigenvalue weighted by atomic mass is 16.5. The van der Waals surface area contributed by atoms with Gasteiger partial charge in [-0.1, -0.05) is 19.8 Å². The van der Waals surface area contributed by atoms with E-state index in [2.05, 4.69) is 17.0 Å². The van der Waals surface area contributed by atoms with Crippen LogP contribution in [0, 0.1) is 5.41 Å². The molecule has 0 radical (unpaired) electrons. The van der Waals surface area contributed by atoms with E-state index < -0.39 is 11.9 Å². The Hall–Kier alpha value is -1.06. The molecule has 4 nitrogen and oxygen atoms in total. The first-order valence-electron chi connectivity index (χ1n) is 6.08. The minimum atomic E-state index is -0.772. The van der Waals surface area contributed by atoms with Crippen LogP contribution < -0.4 is 5.32 Å². The zero-order valence-electron chi connectivity index (χ0n) is 10.2. The molecule has 1 amide bonds. The maximum Gasteiger partial charge on any atom is 0.396 e. The summed E-state index contributed by atoms with van der Waals surface area (Å²) in [4.78, 5) is 22.5. The van der Waals surface area contributed by atoms with E-state index in [0.717, 1.165) is 19.3 Å². The molecular weight excluding hydrogens is 206 g/mol. The van der Waals surface area contributed by atoms with Gasteiger partial charge in [0.1, 0.15) is 0 Å². The summed E-state index contributed by atoms with van der Waals surface area (Å²) in [6, 6.07) is 0. The Kier molecular flexibility index (Phi) is 4.77. The van der Waals surface area contributed by atoms with Crippen molar-refractivity contribution in [3.63, 3.8) is 0 Å². The first-order chi connectivity index (χ1) is 7.63. The van der Waals surface area contributed by atoms with Gasteiger partial charge in [-0.05, 0) is 31.6 Å². The maximum absolute atomic E-state index is 11.4. The smallest absolute Gasteiger partial charge is 0.396 e. The van der Waals surface area contributed by atoms with Gasteiger partial charge >= 0.3 is 11.9 Å². The normalized spacial score (nSPS) is 18.1. The van der Waals surface area contributed by atoms with Crippen molar-refractivity contribution in [3.05, 3.63) is 0 Å². The first-order valence-corrected chi connectivity index (χ1v) is 6.08. The Morgan fingerprint density at radius 2 is 1.88 bits per heavy atom. The van der Waals surface area contributed by atoms with E-state index in [1.54, 1.807) is 6.92 Å². The molecule has 0 aromatic rings. The minimum absolute atomic E-state index is 0.210. The summed E-state index contributed by atoms with van der Waals surface area (Å²) in [5, 5.41) is 2.69. The predicted molar refractivity (Wildman–Crippen MR) is 60.8 cm³/mol. The Bertz CT molecular complexity index is 257. The average Bonchev–Trinajstić information content (AvgIpc) is 2.75. The predicted octanol–water partition coefficient (Wildman–Crippen LogP) is 1.64. The van der Waals surface area contributed by atoms with Gasteiger partial charge in [-0.15, -0.1) is 0 Å². The fourth-order valence-electron chi connectivity index (χ4n) is 2.32. The molecule has 0 spiro atoms. The summed E-state index contributed by atoms with van der Waals surface area (Å²) >= 11 is 0. The quantitative estimate of drug-likeness (QED) is 0.586. The van der Waals surface area contributed by atoms with E-state index in [1.165, 1.54) is 12.8 Å². The van der Waals surface area contributed by atoms with Crippen molar-refractivity contribution in [2.45, 2.75) is 46.0 Å². The van der Waals surface area contributed by atoms with Gasteiger partial charge in [0, 0.05) is 6.54 Å². The van der Waals surface area contributed by atoms with Gasteiger partial charge < -0.3 is 10.1 Å². The van der Waals surface area contributed by atoms with Gasteiger partial charge in [-0.25, -0.2) is 4.79 Å². The summed E-state index contributed by atoms with van der Waals surface area (Å²) < 4.78 is 4.63. The molecule has 1 aliphatic carbocycles. The Balaban J connectivity index is 2.38. The molecule has 0 aliphatic heterocycles. The second-order valence-corrected chi connectivity index (χ2v) is 4.46. The molecule has 1 aliphatic rings. The highest BCUT2D eigenvalue weighted by molar-refractivity contribution is 6.32. The molecular formula is C12H21NO3. The largest absolute Gasteiger partial charge is 0.459 e. The lowest BCUT2D eigenvalue weighted by Crippen LogP contribution is -2.39. The van der Waals surface area contributed by atoms with E-state index in [0.29, 0.717) is 6.54 Å². The maximum atomic E-state index is 11.4. The molecule has 1 N–H and O–H groups in total. The molecule has 1 rings (SSSR count). The lowest BCUT2D eigenvalue weighted by atomic mass is 9.83. The van der Waals surface area contributed by atoms with Crippen LogP contribution in [0.2, 0.25) is 0 Å². The first kappa shape index (κ1) is 13.0. The van der Waals surface area contributed by atoms with Crippen LogP contribution in [0.25, 0.3) is 0 Å². The Morgan fingerprint density at radius 1 is 1.25 bits per heavy atom. The van der Waals surface area contributed by atoms with E-state index in [1.807, 2.05) is 0 Å². The Labute approximate surface area is 96.7 Å². The molecule has 0 saturated heterocycles. The van der Waals surface area contributed by atoms with Crippen LogP contribution >= 0.6 is 0 Å². The van der Waals surface area contributed by atoms with Crippen LogP contribution in [0.1, 0.15) is 46.0 Å².